The van der Waals surface area contributed by atoms with E-state index < -0.39 is 25.6 Å². The molecule has 18 heavy (non-hydrogen) atoms. The van der Waals surface area contributed by atoms with Crippen LogP contribution in [0, 0.1) is 5.92 Å². The molecule has 5 nitrogen and oxygen atoms in total. The first kappa shape index (κ1) is 17.6. The second kappa shape index (κ2) is 10.5. The summed E-state index contributed by atoms with van der Waals surface area (Å²) in [5.74, 6) is -1.71. The molecule has 0 aliphatic carbocycles. The molecule has 0 aliphatic rings. The van der Waals surface area contributed by atoms with Gasteiger partial charge in [-0.05, 0) is 19.4 Å². The SMILES string of the molecule is CCCCCCCC(C(=O)O)C(CCN)[PH](=O)O. The Kier molecular flexibility index (Phi) is 10.3. The van der Waals surface area contributed by atoms with E-state index in [0.717, 1.165) is 32.1 Å². The number of carboxylic acid groups (broad SMARTS) is 1. The van der Waals surface area contributed by atoms with Crippen LogP contribution in [0.5, 0.6) is 0 Å². The molecular weight excluding hydrogens is 253 g/mol. The van der Waals surface area contributed by atoms with E-state index in [9.17, 15) is 14.3 Å². The summed E-state index contributed by atoms with van der Waals surface area (Å²) in [6, 6.07) is 0. The van der Waals surface area contributed by atoms with Gasteiger partial charge in [0.05, 0.1) is 5.92 Å². The molecule has 0 rings (SSSR count). The van der Waals surface area contributed by atoms with Gasteiger partial charge in [-0.3, -0.25) is 9.36 Å². The largest absolute Gasteiger partial charge is 0.481 e. The Morgan fingerprint density at radius 2 is 1.83 bits per heavy atom. The zero-order valence-electron chi connectivity index (χ0n) is 11.1. The standard InChI is InChI=1S/C12H26NO4P/c1-2-3-4-5-6-7-10(12(14)15)11(8-9-13)18(16)17/h10-11,18H,2-9,13H2,1H3,(H,14,15)(H,16,17). The molecule has 3 atom stereocenters. The number of unbranched alkanes of at least 4 members (excludes halogenated alkanes) is 4. The second-order valence-corrected chi connectivity index (χ2v) is 6.09. The van der Waals surface area contributed by atoms with Crippen LogP contribution >= 0.6 is 8.03 Å². The quantitative estimate of drug-likeness (QED) is 0.398. The molecule has 0 saturated heterocycles. The Morgan fingerprint density at radius 3 is 2.28 bits per heavy atom. The zero-order chi connectivity index (χ0) is 14.0. The predicted octanol–water partition coefficient (Wildman–Crippen LogP) is 2.23. The van der Waals surface area contributed by atoms with Gasteiger partial charge in [0.2, 0.25) is 0 Å². The molecule has 0 amide bonds. The molecule has 0 saturated carbocycles. The Balaban J connectivity index is 4.26. The normalized spacial score (nSPS) is 16.2. The minimum atomic E-state index is -2.84. The summed E-state index contributed by atoms with van der Waals surface area (Å²) in [7, 11) is -2.84. The van der Waals surface area contributed by atoms with E-state index >= 15 is 0 Å². The van der Waals surface area contributed by atoms with Gasteiger partial charge in [-0.1, -0.05) is 39.0 Å². The van der Waals surface area contributed by atoms with E-state index in [0.29, 0.717) is 12.8 Å². The lowest BCUT2D eigenvalue weighted by molar-refractivity contribution is -0.142. The summed E-state index contributed by atoms with van der Waals surface area (Å²) < 4.78 is 11.2. The van der Waals surface area contributed by atoms with Gasteiger partial charge < -0.3 is 15.7 Å². The van der Waals surface area contributed by atoms with Gasteiger partial charge in [0.1, 0.15) is 0 Å². The van der Waals surface area contributed by atoms with Gasteiger partial charge in [-0.15, -0.1) is 0 Å². The van der Waals surface area contributed by atoms with Crippen molar-refractivity contribution < 1.29 is 19.4 Å². The Hall–Kier alpha value is -0.380. The minimum Gasteiger partial charge on any atom is -0.481 e. The third kappa shape index (κ3) is 7.14. The van der Waals surface area contributed by atoms with Crippen molar-refractivity contribution >= 4 is 14.0 Å². The van der Waals surface area contributed by atoms with Crippen LogP contribution in [0.4, 0.5) is 0 Å². The smallest absolute Gasteiger partial charge is 0.307 e. The summed E-state index contributed by atoms with van der Waals surface area (Å²) in [6.07, 6.45) is 5.95. The third-order valence-corrected chi connectivity index (χ3v) is 4.54. The number of rotatable bonds is 11. The van der Waals surface area contributed by atoms with Crippen LogP contribution < -0.4 is 5.73 Å². The van der Waals surface area contributed by atoms with E-state index in [1.165, 1.54) is 0 Å². The highest BCUT2D eigenvalue weighted by Crippen LogP contribution is 2.34. The van der Waals surface area contributed by atoms with Gasteiger partial charge in [-0.25, -0.2) is 0 Å². The molecule has 0 aromatic carbocycles. The molecule has 3 unspecified atom stereocenters. The van der Waals surface area contributed by atoms with Crippen molar-refractivity contribution in [3.05, 3.63) is 0 Å². The maximum atomic E-state index is 11.2. The zero-order valence-corrected chi connectivity index (χ0v) is 12.1. The number of hydrogen-bond donors (Lipinski definition) is 3. The molecule has 6 heteroatoms. The van der Waals surface area contributed by atoms with Crippen LogP contribution in [0.25, 0.3) is 0 Å². The molecule has 0 aromatic heterocycles. The number of carbonyl (C=O) groups is 1. The van der Waals surface area contributed by atoms with Gasteiger partial charge in [0.15, 0.2) is 8.03 Å². The highest BCUT2D eigenvalue weighted by atomic mass is 31.1. The number of hydrogen-bond acceptors (Lipinski definition) is 3. The van der Waals surface area contributed by atoms with E-state index in [2.05, 4.69) is 6.92 Å². The van der Waals surface area contributed by atoms with Crippen LogP contribution in [-0.4, -0.2) is 28.2 Å². The first-order valence-electron chi connectivity index (χ1n) is 6.70. The molecule has 4 N–H and O–H groups in total. The maximum Gasteiger partial charge on any atom is 0.307 e. The summed E-state index contributed by atoms with van der Waals surface area (Å²) >= 11 is 0. The average molecular weight is 279 g/mol. The van der Waals surface area contributed by atoms with Gasteiger partial charge in [-0.2, -0.15) is 0 Å². The van der Waals surface area contributed by atoms with E-state index in [-0.39, 0.29) is 6.54 Å². The van der Waals surface area contributed by atoms with Gasteiger partial charge in [0, 0.05) is 5.66 Å². The summed E-state index contributed by atoms with van der Waals surface area (Å²) in [5, 5.41) is 9.15. The summed E-state index contributed by atoms with van der Waals surface area (Å²) in [4.78, 5) is 20.4. The first-order chi connectivity index (χ1) is 8.54. The highest BCUT2D eigenvalue weighted by molar-refractivity contribution is 7.39. The Morgan fingerprint density at radius 1 is 1.22 bits per heavy atom. The molecule has 0 heterocycles. The molecule has 0 bridgehead atoms. The molecule has 0 aliphatic heterocycles. The van der Waals surface area contributed by atoms with Crippen LogP contribution in [-0.2, 0) is 9.36 Å². The molecule has 0 spiro atoms. The van der Waals surface area contributed by atoms with Crippen molar-refractivity contribution in [1.82, 2.24) is 0 Å². The van der Waals surface area contributed by atoms with Gasteiger partial charge in [0.25, 0.3) is 0 Å². The molecular formula is C12H26NO4P. The number of carboxylic acids is 1. The number of aliphatic carboxylic acids is 1. The molecule has 108 valence electrons. The van der Waals surface area contributed by atoms with Crippen molar-refractivity contribution in [3.8, 4) is 0 Å². The molecule has 0 fully saturated rings. The lowest BCUT2D eigenvalue weighted by Gasteiger charge is -2.20. The topological polar surface area (TPSA) is 101 Å². The van der Waals surface area contributed by atoms with Crippen molar-refractivity contribution in [3.63, 3.8) is 0 Å². The van der Waals surface area contributed by atoms with Crippen molar-refractivity contribution in [2.45, 2.75) is 57.5 Å². The van der Waals surface area contributed by atoms with E-state index in [4.69, 9.17) is 10.8 Å². The molecule has 0 radical (unpaired) electrons. The van der Waals surface area contributed by atoms with Crippen LogP contribution in [0.1, 0.15) is 51.9 Å². The highest BCUT2D eigenvalue weighted by Gasteiger charge is 2.30. The van der Waals surface area contributed by atoms with Crippen LogP contribution in [0.15, 0.2) is 0 Å². The average Bonchev–Trinajstić information content (AvgIpc) is 2.31. The van der Waals surface area contributed by atoms with Crippen molar-refractivity contribution in [2.24, 2.45) is 11.7 Å². The summed E-state index contributed by atoms with van der Waals surface area (Å²) in [6.45, 7) is 2.37. The van der Waals surface area contributed by atoms with Crippen LogP contribution in [0.2, 0.25) is 0 Å². The lowest BCUT2D eigenvalue weighted by atomic mass is 9.95. The van der Waals surface area contributed by atoms with Crippen molar-refractivity contribution in [1.29, 1.82) is 0 Å². The fourth-order valence-electron chi connectivity index (χ4n) is 2.14. The molecule has 0 aromatic rings. The maximum absolute atomic E-state index is 11.2. The fraction of sp³-hybridized carbons (Fsp3) is 0.917. The second-order valence-electron chi connectivity index (χ2n) is 4.67. The van der Waals surface area contributed by atoms with Crippen LogP contribution in [0.3, 0.4) is 0 Å². The summed E-state index contributed by atoms with van der Waals surface area (Å²) in [5.41, 5.74) is 4.70. The first-order valence-corrected chi connectivity index (χ1v) is 8.13. The number of nitrogens with two attached hydrogens (primary N) is 1. The van der Waals surface area contributed by atoms with E-state index in [1.807, 2.05) is 0 Å². The Bertz CT molecular complexity index is 260. The lowest BCUT2D eigenvalue weighted by Crippen LogP contribution is -2.28. The Labute approximate surface area is 110 Å². The van der Waals surface area contributed by atoms with Crippen molar-refractivity contribution in [2.75, 3.05) is 6.54 Å². The fourth-order valence-corrected chi connectivity index (χ4v) is 3.21. The van der Waals surface area contributed by atoms with Gasteiger partial charge >= 0.3 is 5.97 Å². The van der Waals surface area contributed by atoms with E-state index in [1.54, 1.807) is 0 Å². The third-order valence-electron chi connectivity index (χ3n) is 3.22. The predicted molar refractivity (Wildman–Crippen MR) is 73.2 cm³/mol. The monoisotopic (exact) mass is 279 g/mol. The minimum absolute atomic E-state index is 0.251.